The third kappa shape index (κ3) is 4.75. The maximum Gasteiger partial charge on any atom is 0.219 e. The van der Waals surface area contributed by atoms with Gasteiger partial charge in [0.05, 0.1) is 6.61 Å². The van der Waals surface area contributed by atoms with Crippen molar-refractivity contribution in [2.45, 2.75) is 26.2 Å². The van der Waals surface area contributed by atoms with Crippen LogP contribution in [0, 0.1) is 6.92 Å². The van der Waals surface area contributed by atoms with Gasteiger partial charge in [-0.05, 0) is 37.9 Å². The van der Waals surface area contributed by atoms with E-state index in [1.165, 1.54) is 5.56 Å². The zero-order chi connectivity index (χ0) is 13.4. The lowest BCUT2D eigenvalue weighted by Gasteiger charge is -2.11. The molecule has 0 aromatic heterocycles. The quantitative estimate of drug-likeness (QED) is 0.719. The minimum Gasteiger partial charge on any atom is -0.493 e. The summed E-state index contributed by atoms with van der Waals surface area (Å²) in [6, 6.07) is 6.09. The first-order chi connectivity index (χ1) is 8.67. The largest absolute Gasteiger partial charge is 0.493 e. The van der Waals surface area contributed by atoms with Gasteiger partial charge in [0.25, 0.3) is 0 Å². The van der Waals surface area contributed by atoms with Crippen LogP contribution in [0.25, 0.3) is 0 Å². The highest BCUT2D eigenvalue weighted by Crippen LogP contribution is 2.20. The van der Waals surface area contributed by atoms with Crippen LogP contribution < -0.4 is 15.8 Å². The van der Waals surface area contributed by atoms with Crippen LogP contribution in [-0.2, 0) is 11.2 Å². The zero-order valence-electron chi connectivity index (χ0n) is 11.2. The molecule has 0 atom stereocenters. The number of nitrogens with one attached hydrogen (secondary N) is 1. The Balaban J connectivity index is 2.48. The fraction of sp³-hybridized carbons (Fsp3) is 0.500. The van der Waals surface area contributed by atoms with Crippen molar-refractivity contribution >= 4 is 5.91 Å². The Labute approximate surface area is 109 Å². The van der Waals surface area contributed by atoms with Crippen molar-refractivity contribution in [1.82, 2.24) is 5.32 Å². The Morgan fingerprint density at radius 2 is 2.22 bits per heavy atom. The lowest BCUT2D eigenvalue weighted by molar-refractivity contribution is -0.120. The van der Waals surface area contributed by atoms with E-state index in [1.54, 1.807) is 7.05 Å². The molecule has 0 saturated carbocycles. The number of amides is 1. The molecule has 100 valence electrons. The molecular weight excluding hydrogens is 228 g/mol. The Bertz CT molecular complexity index is 391. The Morgan fingerprint density at radius 3 is 2.89 bits per heavy atom. The molecule has 1 aromatic carbocycles. The molecule has 0 aliphatic carbocycles. The third-order valence-corrected chi connectivity index (χ3v) is 2.71. The summed E-state index contributed by atoms with van der Waals surface area (Å²) >= 11 is 0. The highest BCUT2D eigenvalue weighted by Gasteiger charge is 2.04. The maximum absolute atomic E-state index is 11.1. The van der Waals surface area contributed by atoms with E-state index in [2.05, 4.69) is 18.3 Å². The number of aryl methyl sites for hydroxylation is 1. The highest BCUT2D eigenvalue weighted by atomic mass is 16.5. The lowest BCUT2D eigenvalue weighted by Crippen LogP contribution is -2.18. The minimum absolute atomic E-state index is 0.0460. The molecule has 4 nitrogen and oxygen atoms in total. The summed E-state index contributed by atoms with van der Waals surface area (Å²) in [5.41, 5.74) is 7.92. The van der Waals surface area contributed by atoms with Crippen molar-refractivity contribution in [3.63, 3.8) is 0 Å². The normalized spacial score (nSPS) is 10.2. The van der Waals surface area contributed by atoms with Crippen molar-refractivity contribution in [3.05, 3.63) is 29.3 Å². The lowest BCUT2D eigenvalue weighted by atomic mass is 10.1. The van der Waals surface area contributed by atoms with Crippen LogP contribution in [0.15, 0.2) is 18.2 Å². The summed E-state index contributed by atoms with van der Waals surface area (Å²) in [7, 11) is 1.64. The number of hydrogen-bond donors (Lipinski definition) is 2. The summed E-state index contributed by atoms with van der Waals surface area (Å²) in [6.45, 7) is 3.21. The Hall–Kier alpha value is -1.55. The number of carbonyl (C=O) groups is 1. The van der Waals surface area contributed by atoms with E-state index in [-0.39, 0.29) is 5.91 Å². The molecule has 0 fully saturated rings. The molecule has 4 heteroatoms. The van der Waals surface area contributed by atoms with E-state index in [9.17, 15) is 4.79 Å². The first-order valence-corrected chi connectivity index (χ1v) is 6.30. The number of benzene rings is 1. The highest BCUT2D eigenvalue weighted by molar-refractivity contribution is 5.75. The standard InChI is InChI=1S/C14H22N2O2/c1-11-5-6-13(12(10-11)7-8-15)18-9-3-4-14(17)16-2/h5-6,10H,3-4,7-9,15H2,1-2H3,(H,16,17). The van der Waals surface area contributed by atoms with Gasteiger partial charge in [-0.15, -0.1) is 0 Å². The van der Waals surface area contributed by atoms with E-state index in [0.29, 0.717) is 19.6 Å². The van der Waals surface area contributed by atoms with Gasteiger partial charge >= 0.3 is 0 Å². The van der Waals surface area contributed by atoms with Crippen LogP contribution in [0.4, 0.5) is 0 Å². The van der Waals surface area contributed by atoms with Gasteiger partial charge in [0.15, 0.2) is 0 Å². The summed E-state index contributed by atoms with van der Waals surface area (Å²) in [5.74, 6) is 0.924. The first-order valence-electron chi connectivity index (χ1n) is 6.30. The zero-order valence-corrected chi connectivity index (χ0v) is 11.2. The molecule has 18 heavy (non-hydrogen) atoms. The molecule has 1 amide bonds. The fourth-order valence-corrected chi connectivity index (χ4v) is 1.74. The number of nitrogens with two attached hydrogens (primary N) is 1. The first kappa shape index (κ1) is 14.5. The molecule has 1 aromatic rings. The minimum atomic E-state index is 0.0460. The van der Waals surface area contributed by atoms with Gasteiger partial charge in [-0.1, -0.05) is 17.7 Å². The molecule has 0 heterocycles. The second-order valence-electron chi connectivity index (χ2n) is 4.28. The van der Waals surface area contributed by atoms with Gasteiger partial charge in [-0.25, -0.2) is 0 Å². The Kier molecular flexibility index (Phi) is 6.22. The van der Waals surface area contributed by atoms with Crippen LogP contribution >= 0.6 is 0 Å². The van der Waals surface area contributed by atoms with Crippen LogP contribution in [-0.4, -0.2) is 26.1 Å². The van der Waals surface area contributed by atoms with E-state index < -0.39 is 0 Å². The van der Waals surface area contributed by atoms with Crippen molar-refractivity contribution in [1.29, 1.82) is 0 Å². The molecule has 3 N–H and O–H groups in total. The van der Waals surface area contributed by atoms with Crippen LogP contribution in [0.2, 0.25) is 0 Å². The van der Waals surface area contributed by atoms with Crippen molar-refractivity contribution in [2.75, 3.05) is 20.2 Å². The van der Waals surface area contributed by atoms with Crippen LogP contribution in [0.1, 0.15) is 24.0 Å². The molecule has 0 radical (unpaired) electrons. The molecule has 0 aliphatic heterocycles. The van der Waals surface area contributed by atoms with Crippen LogP contribution in [0.3, 0.4) is 0 Å². The van der Waals surface area contributed by atoms with Crippen molar-refractivity contribution < 1.29 is 9.53 Å². The average Bonchev–Trinajstić information content (AvgIpc) is 2.36. The molecular formula is C14H22N2O2. The van der Waals surface area contributed by atoms with Crippen molar-refractivity contribution in [2.24, 2.45) is 5.73 Å². The molecule has 0 bridgehead atoms. The summed E-state index contributed by atoms with van der Waals surface area (Å²) in [5, 5.41) is 2.59. The predicted molar refractivity (Wildman–Crippen MR) is 72.7 cm³/mol. The number of hydrogen-bond acceptors (Lipinski definition) is 3. The van der Waals surface area contributed by atoms with E-state index >= 15 is 0 Å². The fourth-order valence-electron chi connectivity index (χ4n) is 1.74. The summed E-state index contributed by atoms with van der Waals surface area (Å²) < 4.78 is 5.70. The van der Waals surface area contributed by atoms with E-state index in [4.69, 9.17) is 10.5 Å². The summed E-state index contributed by atoms with van der Waals surface area (Å²) in [4.78, 5) is 11.1. The van der Waals surface area contributed by atoms with Gasteiger partial charge in [0, 0.05) is 13.5 Å². The average molecular weight is 250 g/mol. The SMILES string of the molecule is CNC(=O)CCCOc1ccc(C)cc1CCN. The molecule has 0 aliphatic rings. The van der Waals surface area contributed by atoms with Gasteiger partial charge < -0.3 is 15.8 Å². The maximum atomic E-state index is 11.1. The number of carbonyl (C=O) groups excluding carboxylic acids is 1. The number of ether oxygens (including phenoxy) is 1. The van der Waals surface area contributed by atoms with Gasteiger partial charge in [-0.2, -0.15) is 0 Å². The van der Waals surface area contributed by atoms with Crippen molar-refractivity contribution in [3.8, 4) is 5.75 Å². The van der Waals surface area contributed by atoms with E-state index in [0.717, 1.165) is 24.2 Å². The monoisotopic (exact) mass is 250 g/mol. The molecule has 1 rings (SSSR count). The predicted octanol–water partition coefficient (Wildman–Crippen LogP) is 1.40. The van der Waals surface area contributed by atoms with Gasteiger partial charge in [-0.3, -0.25) is 4.79 Å². The van der Waals surface area contributed by atoms with Gasteiger partial charge in [0.2, 0.25) is 5.91 Å². The van der Waals surface area contributed by atoms with E-state index in [1.807, 2.05) is 12.1 Å². The Morgan fingerprint density at radius 1 is 1.44 bits per heavy atom. The molecule has 0 unspecified atom stereocenters. The third-order valence-electron chi connectivity index (χ3n) is 2.71. The van der Waals surface area contributed by atoms with Gasteiger partial charge in [0.1, 0.15) is 5.75 Å². The van der Waals surface area contributed by atoms with Crippen LogP contribution in [0.5, 0.6) is 5.75 Å². The second-order valence-corrected chi connectivity index (χ2v) is 4.28. The summed E-state index contributed by atoms with van der Waals surface area (Å²) in [6.07, 6.45) is 2.02. The second kappa shape index (κ2) is 7.71. The molecule has 0 saturated heterocycles. The molecule has 0 spiro atoms. The number of rotatable bonds is 7. The smallest absolute Gasteiger partial charge is 0.219 e. The topological polar surface area (TPSA) is 64.3 Å².